The SMILES string of the molecule is CCCCCCCCCCCCCCC/C=C/C(O)C(CO)NC(=O)CCCCCCCCCCCCCCOC(=O)CCCCCCCCCCCCCCCCC. The first kappa shape index (κ1) is 57.6. The van der Waals surface area contributed by atoms with Gasteiger partial charge in [-0.05, 0) is 32.1 Å². The maximum absolute atomic E-state index is 12.4. The van der Waals surface area contributed by atoms with Gasteiger partial charge in [-0.25, -0.2) is 0 Å². The molecule has 59 heavy (non-hydrogen) atoms. The van der Waals surface area contributed by atoms with E-state index >= 15 is 0 Å². The van der Waals surface area contributed by atoms with Crippen LogP contribution in [0.2, 0.25) is 0 Å². The van der Waals surface area contributed by atoms with Crippen molar-refractivity contribution >= 4 is 11.9 Å². The number of unbranched alkanes of at least 4 members (excludes halogenated alkanes) is 38. The monoisotopic (exact) mass is 834 g/mol. The second kappa shape index (κ2) is 49.3. The number of amides is 1. The van der Waals surface area contributed by atoms with Crippen LogP contribution in [0.4, 0.5) is 0 Å². The Balaban J connectivity index is 3.47. The van der Waals surface area contributed by atoms with Crippen molar-refractivity contribution in [3.8, 4) is 0 Å². The average Bonchev–Trinajstić information content (AvgIpc) is 3.24. The van der Waals surface area contributed by atoms with Crippen molar-refractivity contribution in [2.75, 3.05) is 13.2 Å². The van der Waals surface area contributed by atoms with Gasteiger partial charge in [0.2, 0.25) is 5.91 Å². The second-order valence-electron chi connectivity index (χ2n) is 18.2. The van der Waals surface area contributed by atoms with E-state index in [4.69, 9.17) is 4.74 Å². The van der Waals surface area contributed by atoms with Gasteiger partial charge in [-0.1, -0.05) is 257 Å². The first-order valence-electron chi connectivity index (χ1n) is 26.5. The van der Waals surface area contributed by atoms with Crippen molar-refractivity contribution in [2.24, 2.45) is 0 Å². The summed E-state index contributed by atoms with van der Waals surface area (Å²) in [6.45, 7) is 4.88. The van der Waals surface area contributed by atoms with Crippen molar-refractivity contribution in [3.05, 3.63) is 12.2 Å². The lowest BCUT2D eigenvalue weighted by Gasteiger charge is -2.20. The van der Waals surface area contributed by atoms with E-state index in [1.165, 1.54) is 205 Å². The minimum Gasteiger partial charge on any atom is -0.466 e. The van der Waals surface area contributed by atoms with E-state index in [1.54, 1.807) is 6.08 Å². The first-order valence-corrected chi connectivity index (χ1v) is 26.5. The Morgan fingerprint density at radius 3 is 1.15 bits per heavy atom. The number of aliphatic hydroxyl groups excluding tert-OH is 2. The molecule has 6 heteroatoms. The van der Waals surface area contributed by atoms with E-state index in [0.717, 1.165) is 57.8 Å². The minimum absolute atomic E-state index is 0.00770. The summed E-state index contributed by atoms with van der Waals surface area (Å²) in [6.07, 6.45) is 56.4. The van der Waals surface area contributed by atoms with Gasteiger partial charge in [-0.3, -0.25) is 9.59 Å². The van der Waals surface area contributed by atoms with Crippen molar-refractivity contribution in [2.45, 2.75) is 302 Å². The largest absolute Gasteiger partial charge is 0.466 e. The zero-order chi connectivity index (χ0) is 43.0. The van der Waals surface area contributed by atoms with Gasteiger partial charge in [0, 0.05) is 12.8 Å². The first-order chi connectivity index (χ1) is 29.0. The van der Waals surface area contributed by atoms with Crippen LogP contribution in [0, 0.1) is 0 Å². The van der Waals surface area contributed by atoms with E-state index in [-0.39, 0.29) is 18.5 Å². The molecule has 0 fully saturated rings. The van der Waals surface area contributed by atoms with Crippen LogP contribution in [0.15, 0.2) is 12.2 Å². The van der Waals surface area contributed by atoms with Crippen LogP contribution in [0.25, 0.3) is 0 Å². The van der Waals surface area contributed by atoms with Gasteiger partial charge in [0.25, 0.3) is 0 Å². The lowest BCUT2D eigenvalue weighted by atomic mass is 10.0. The normalized spacial score (nSPS) is 12.7. The minimum atomic E-state index is -0.853. The summed E-state index contributed by atoms with van der Waals surface area (Å²) < 4.78 is 5.47. The zero-order valence-electron chi connectivity index (χ0n) is 39.7. The Labute approximate surface area is 368 Å². The van der Waals surface area contributed by atoms with E-state index < -0.39 is 12.1 Å². The lowest BCUT2D eigenvalue weighted by molar-refractivity contribution is -0.143. The molecule has 0 saturated carbocycles. The molecule has 0 rings (SSSR count). The van der Waals surface area contributed by atoms with Crippen LogP contribution in [0.3, 0.4) is 0 Å². The molecular weight excluding hydrogens is 731 g/mol. The number of carbonyl (C=O) groups excluding carboxylic acids is 2. The fourth-order valence-corrected chi connectivity index (χ4v) is 8.22. The Hall–Kier alpha value is -1.40. The third-order valence-electron chi connectivity index (χ3n) is 12.3. The van der Waals surface area contributed by atoms with Gasteiger partial charge in [0.05, 0.1) is 25.4 Å². The van der Waals surface area contributed by atoms with Crippen LogP contribution in [-0.4, -0.2) is 47.4 Å². The van der Waals surface area contributed by atoms with Crippen molar-refractivity contribution in [3.63, 3.8) is 0 Å². The van der Waals surface area contributed by atoms with E-state index in [0.29, 0.717) is 19.4 Å². The van der Waals surface area contributed by atoms with Crippen LogP contribution < -0.4 is 5.32 Å². The highest BCUT2D eigenvalue weighted by Gasteiger charge is 2.18. The molecule has 3 N–H and O–H groups in total. The average molecular weight is 834 g/mol. The Kier molecular flexibility index (Phi) is 48.1. The standard InChI is InChI=1S/C53H103NO5/c1-3-5-7-9-11-13-15-17-19-21-25-29-33-37-41-45-51(56)50(49-55)54-52(57)46-42-38-34-30-26-23-24-28-32-36-40-44-48-59-53(58)47-43-39-35-31-27-22-20-18-16-14-12-10-8-6-4-2/h41,45,50-51,55-56H,3-40,42-44,46-49H2,1-2H3,(H,54,57)/b45-41+. The van der Waals surface area contributed by atoms with Crippen molar-refractivity contribution < 1.29 is 24.5 Å². The van der Waals surface area contributed by atoms with Gasteiger partial charge in [0.1, 0.15) is 0 Å². The molecule has 6 nitrogen and oxygen atoms in total. The molecule has 1 amide bonds. The quantitative estimate of drug-likeness (QED) is 0.0322. The molecule has 0 aromatic carbocycles. The molecule has 0 aromatic rings. The number of allylic oxidation sites excluding steroid dienone is 1. The van der Waals surface area contributed by atoms with E-state index in [1.807, 2.05) is 6.08 Å². The van der Waals surface area contributed by atoms with E-state index in [2.05, 4.69) is 19.2 Å². The van der Waals surface area contributed by atoms with Crippen LogP contribution in [-0.2, 0) is 14.3 Å². The molecule has 0 aliphatic rings. The van der Waals surface area contributed by atoms with Gasteiger partial charge >= 0.3 is 5.97 Å². The summed E-state index contributed by atoms with van der Waals surface area (Å²) >= 11 is 0. The van der Waals surface area contributed by atoms with Crippen molar-refractivity contribution in [1.82, 2.24) is 5.32 Å². The second-order valence-corrected chi connectivity index (χ2v) is 18.2. The Morgan fingerprint density at radius 1 is 0.458 bits per heavy atom. The fourth-order valence-electron chi connectivity index (χ4n) is 8.22. The molecule has 0 spiro atoms. The fraction of sp³-hybridized carbons (Fsp3) is 0.925. The summed E-state index contributed by atoms with van der Waals surface area (Å²) in [7, 11) is 0. The van der Waals surface area contributed by atoms with Gasteiger partial charge in [-0.2, -0.15) is 0 Å². The summed E-state index contributed by atoms with van der Waals surface area (Å²) in [5.74, 6) is -0.0896. The lowest BCUT2D eigenvalue weighted by Crippen LogP contribution is -2.45. The maximum atomic E-state index is 12.4. The number of ether oxygens (including phenoxy) is 1. The van der Waals surface area contributed by atoms with Gasteiger partial charge in [0.15, 0.2) is 0 Å². The van der Waals surface area contributed by atoms with Gasteiger partial charge in [-0.15, -0.1) is 0 Å². The molecule has 0 aliphatic heterocycles. The van der Waals surface area contributed by atoms with Crippen LogP contribution >= 0.6 is 0 Å². The number of esters is 1. The summed E-state index contributed by atoms with van der Waals surface area (Å²) in [4.78, 5) is 24.5. The number of carbonyl (C=O) groups is 2. The number of rotatable bonds is 49. The number of hydrogen-bond acceptors (Lipinski definition) is 5. The predicted octanol–water partition coefficient (Wildman–Crippen LogP) is 15.7. The molecule has 0 radical (unpaired) electrons. The Morgan fingerprint density at radius 2 is 0.780 bits per heavy atom. The molecule has 0 aliphatic carbocycles. The third-order valence-corrected chi connectivity index (χ3v) is 12.3. The molecule has 0 heterocycles. The third kappa shape index (κ3) is 45.9. The topological polar surface area (TPSA) is 95.9 Å². The van der Waals surface area contributed by atoms with Crippen LogP contribution in [0.5, 0.6) is 0 Å². The molecule has 0 bridgehead atoms. The molecule has 0 aromatic heterocycles. The highest BCUT2D eigenvalue weighted by Crippen LogP contribution is 2.16. The molecule has 2 unspecified atom stereocenters. The molecule has 2 atom stereocenters. The summed E-state index contributed by atoms with van der Waals surface area (Å²) in [5.41, 5.74) is 0. The number of aliphatic hydroxyl groups is 2. The van der Waals surface area contributed by atoms with E-state index in [9.17, 15) is 19.8 Å². The predicted molar refractivity (Wildman–Crippen MR) is 255 cm³/mol. The highest BCUT2D eigenvalue weighted by molar-refractivity contribution is 5.76. The summed E-state index contributed by atoms with van der Waals surface area (Å²) in [5, 5.41) is 23.1. The number of hydrogen-bond donors (Lipinski definition) is 3. The van der Waals surface area contributed by atoms with Crippen LogP contribution in [0.1, 0.15) is 290 Å². The number of nitrogens with one attached hydrogen (secondary N) is 1. The zero-order valence-corrected chi connectivity index (χ0v) is 39.7. The van der Waals surface area contributed by atoms with Gasteiger partial charge < -0.3 is 20.3 Å². The molecule has 0 saturated heterocycles. The molecule has 350 valence electrons. The van der Waals surface area contributed by atoms with Crippen molar-refractivity contribution in [1.29, 1.82) is 0 Å². The summed E-state index contributed by atoms with van der Waals surface area (Å²) in [6, 6.07) is -0.638. The molecular formula is C53H103NO5. The highest BCUT2D eigenvalue weighted by atomic mass is 16.5. The Bertz CT molecular complexity index is 878. The smallest absolute Gasteiger partial charge is 0.305 e. The maximum Gasteiger partial charge on any atom is 0.305 e.